The Balaban J connectivity index is 1.50. The van der Waals surface area contributed by atoms with Crippen LogP contribution in [0.4, 0.5) is 4.39 Å². The molecule has 1 aliphatic carbocycles. The van der Waals surface area contributed by atoms with Crippen molar-refractivity contribution in [2.75, 3.05) is 26.0 Å². The maximum atomic E-state index is 14.8. The molecule has 5 rings (SSSR count). The van der Waals surface area contributed by atoms with Crippen LogP contribution in [0.5, 0.6) is 0 Å². The maximum absolute atomic E-state index is 14.8. The molecule has 2 saturated heterocycles. The van der Waals surface area contributed by atoms with Crippen LogP contribution in [0.25, 0.3) is 0 Å². The van der Waals surface area contributed by atoms with Crippen LogP contribution in [0, 0.1) is 11.7 Å². The third-order valence-electron chi connectivity index (χ3n) is 10.3. The van der Waals surface area contributed by atoms with Crippen LogP contribution in [-0.2, 0) is 39.4 Å². The van der Waals surface area contributed by atoms with Gasteiger partial charge in [0.15, 0.2) is 9.84 Å². The molecule has 284 valence electrons. The van der Waals surface area contributed by atoms with Crippen LogP contribution < -0.4 is 16.4 Å². The first-order chi connectivity index (χ1) is 24.4. The molecule has 1 aromatic heterocycles. The molecule has 0 spiro atoms. The second kappa shape index (κ2) is 15.4. The standard InChI is InChI=1S/C34H46FN7O9S/c1-33(2,48)27-18-37-40-42(27)22-17-25(31(46)39-34(28(43)29(36)44)11-13-51-14-12-34)41(19-22)32(47)24(15-20-7-5-4-6-8-20)38-30(45)21-9-10-26(23(35)16-21)52(3,49)50/h9-10,16,18,20,22,24-25,48H,4-8,11-15,17,19H2,1-3H3,(H2,36,44)(H,38,45)(H,39,46)/t22-,24?,25-/m0/s1. The molecule has 1 unspecified atom stereocenters. The Morgan fingerprint density at radius 2 is 1.81 bits per heavy atom. The van der Waals surface area contributed by atoms with Crippen molar-refractivity contribution in [1.29, 1.82) is 0 Å². The van der Waals surface area contributed by atoms with Gasteiger partial charge < -0.3 is 31.1 Å². The number of nitrogens with zero attached hydrogens (tertiary/aromatic N) is 4. The van der Waals surface area contributed by atoms with E-state index in [0.717, 1.165) is 56.6 Å². The molecule has 1 saturated carbocycles. The minimum Gasteiger partial charge on any atom is -0.384 e. The first kappa shape index (κ1) is 38.9. The minimum absolute atomic E-state index is 0.0222. The van der Waals surface area contributed by atoms with E-state index in [1.165, 1.54) is 29.6 Å². The van der Waals surface area contributed by atoms with Gasteiger partial charge in [0.05, 0.1) is 17.9 Å². The van der Waals surface area contributed by atoms with Crippen LogP contribution in [0.2, 0.25) is 0 Å². The minimum atomic E-state index is -3.91. The molecule has 0 radical (unpaired) electrons. The number of aromatic nitrogens is 3. The monoisotopic (exact) mass is 747 g/mol. The summed E-state index contributed by atoms with van der Waals surface area (Å²) in [5.41, 5.74) is 2.45. The highest BCUT2D eigenvalue weighted by Gasteiger charge is 2.49. The third kappa shape index (κ3) is 8.50. The molecular weight excluding hydrogens is 701 g/mol. The summed E-state index contributed by atoms with van der Waals surface area (Å²) in [6, 6.07) is -0.150. The summed E-state index contributed by atoms with van der Waals surface area (Å²) in [5.74, 6) is -5.47. The lowest BCUT2D eigenvalue weighted by molar-refractivity contribution is -0.147. The van der Waals surface area contributed by atoms with Gasteiger partial charge in [0.25, 0.3) is 11.8 Å². The Bertz CT molecular complexity index is 1810. The van der Waals surface area contributed by atoms with Gasteiger partial charge in [-0.3, -0.25) is 24.0 Å². The molecule has 3 atom stereocenters. The number of nitrogens with one attached hydrogen (secondary N) is 2. The molecule has 0 bridgehead atoms. The van der Waals surface area contributed by atoms with Crippen molar-refractivity contribution in [2.45, 2.75) is 106 Å². The van der Waals surface area contributed by atoms with Gasteiger partial charge in [-0.15, -0.1) is 5.10 Å². The molecular formula is C34H46FN7O9S. The molecule has 5 N–H and O–H groups in total. The first-order valence-electron chi connectivity index (χ1n) is 17.4. The van der Waals surface area contributed by atoms with E-state index in [1.807, 2.05) is 0 Å². The second-order valence-electron chi connectivity index (χ2n) is 14.6. The van der Waals surface area contributed by atoms with E-state index in [4.69, 9.17) is 10.5 Å². The summed E-state index contributed by atoms with van der Waals surface area (Å²) in [5, 5.41) is 24.4. The number of rotatable bonds is 12. The van der Waals surface area contributed by atoms with Gasteiger partial charge in [-0.25, -0.2) is 17.5 Å². The van der Waals surface area contributed by atoms with Gasteiger partial charge in [-0.2, -0.15) is 0 Å². The number of hydrogen-bond acceptors (Lipinski definition) is 11. The van der Waals surface area contributed by atoms with Crippen molar-refractivity contribution in [3.63, 3.8) is 0 Å². The predicted molar refractivity (Wildman–Crippen MR) is 182 cm³/mol. The van der Waals surface area contributed by atoms with Crippen molar-refractivity contribution in [2.24, 2.45) is 11.7 Å². The molecule has 3 aliphatic rings. The Morgan fingerprint density at radius 3 is 2.40 bits per heavy atom. The zero-order valence-electron chi connectivity index (χ0n) is 29.5. The summed E-state index contributed by atoms with van der Waals surface area (Å²) in [6.07, 6.45) is 6.86. The van der Waals surface area contributed by atoms with E-state index in [1.54, 1.807) is 0 Å². The summed E-state index contributed by atoms with van der Waals surface area (Å²) >= 11 is 0. The van der Waals surface area contributed by atoms with Crippen LogP contribution in [0.1, 0.15) is 93.7 Å². The smallest absolute Gasteiger partial charge is 0.287 e. The van der Waals surface area contributed by atoms with E-state index in [-0.39, 0.29) is 56.9 Å². The van der Waals surface area contributed by atoms with Crippen molar-refractivity contribution < 1.29 is 46.6 Å². The number of ether oxygens (including phenoxy) is 1. The second-order valence-corrected chi connectivity index (χ2v) is 16.6. The molecule has 3 fully saturated rings. The number of likely N-dealkylation sites (tertiary alicyclic amines) is 1. The van der Waals surface area contributed by atoms with Gasteiger partial charge in [-0.05, 0) is 44.4 Å². The fourth-order valence-electron chi connectivity index (χ4n) is 7.48. The summed E-state index contributed by atoms with van der Waals surface area (Å²) in [4.78, 5) is 68.4. The molecule has 52 heavy (non-hydrogen) atoms. The number of hydrogen-bond donors (Lipinski definition) is 4. The number of sulfone groups is 1. The molecule has 18 heteroatoms. The van der Waals surface area contributed by atoms with Crippen LogP contribution in [-0.4, -0.2) is 106 Å². The Morgan fingerprint density at radius 1 is 1.13 bits per heavy atom. The highest BCUT2D eigenvalue weighted by molar-refractivity contribution is 7.90. The molecule has 3 heterocycles. The lowest BCUT2D eigenvalue weighted by Gasteiger charge is -2.37. The number of carbonyl (C=O) groups is 5. The highest BCUT2D eigenvalue weighted by Crippen LogP contribution is 2.34. The Labute approximate surface area is 300 Å². The average molecular weight is 748 g/mol. The summed E-state index contributed by atoms with van der Waals surface area (Å²) in [6.45, 7) is 3.12. The SMILES string of the molecule is CC(C)(O)c1cnnn1[C@H]1C[C@@H](C(=O)NC2(C(=O)C(N)=O)CCOCC2)N(C(=O)C(CC2CCCCC2)NC(=O)c2ccc(S(C)(=O)=O)c(F)c2)C1. The molecule has 1 aromatic carbocycles. The fourth-order valence-corrected chi connectivity index (χ4v) is 8.21. The van der Waals surface area contributed by atoms with Gasteiger partial charge in [0, 0.05) is 50.8 Å². The van der Waals surface area contributed by atoms with Crippen molar-refractivity contribution >= 4 is 39.2 Å². The van der Waals surface area contributed by atoms with Crippen LogP contribution in [0.15, 0.2) is 29.3 Å². The fraction of sp³-hybridized carbons (Fsp3) is 0.618. The largest absolute Gasteiger partial charge is 0.384 e. The number of carbonyl (C=O) groups excluding carboxylic acids is 5. The first-order valence-corrected chi connectivity index (χ1v) is 19.3. The highest BCUT2D eigenvalue weighted by atomic mass is 32.2. The molecule has 2 aliphatic heterocycles. The van der Waals surface area contributed by atoms with Crippen LogP contribution in [0.3, 0.4) is 0 Å². The number of Topliss-reactive ketones (excluding diaryl/α,β-unsaturated/α-hetero) is 1. The quantitative estimate of drug-likeness (QED) is 0.221. The zero-order chi connectivity index (χ0) is 38.0. The normalized spacial score (nSPS) is 21.7. The number of amides is 4. The molecule has 2 aromatic rings. The van der Waals surface area contributed by atoms with E-state index in [0.29, 0.717) is 5.69 Å². The van der Waals surface area contributed by atoms with Gasteiger partial charge >= 0.3 is 0 Å². The number of ketones is 1. The third-order valence-corrected chi connectivity index (χ3v) is 11.4. The van der Waals surface area contributed by atoms with Crippen molar-refractivity contribution in [1.82, 2.24) is 30.5 Å². The average Bonchev–Trinajstić information content (AvgIpc) is 3.76. The number of benzene rings is 1. The van der Waals surface area contributed by atoms with Crippen molar-refractivity contribution in [3.05, 3.63) is 41.5 Å². The topological polar surface area (TPSA) is 233 Å². The summed E-state index contributed by atoms with van der Waals surface area (Å²) in [7, 11) is -3.91. The number of aliphatic hydroxyl groups is 1. The predicted octanol–water partition coefficient (Wildman–Crippen LogP) is 0.679. The van der Waals surface area contributed by atoms with E-state index >= 15 is 0 Å². The van der Waals surface area contributed by atoms with E-state index < -0.39 is 79.2 Å². The van der Waals surface area contributed by atoms with Crippen molar-refractivity contribution in [3.8, 4) is 0 Å². The van der Waals surface area contributed by atoms with Crippen LogP contribution >= 0.6 is 0 Å². The number of halogens is 1. The van der Waals surface area contributed by atoms with Gasteiger partial charge in [0.2, 0.25) is 17.6 Å². The summed E-state index contributed by atoms with van der Waals surface area (Å²) < 4.78 is 45.6. The molecule has 16 nitrogen and oxygen atoms in total. The lowest BCUT2D eigenvalue weighted by atomic mass is 9.84. The number of primary amides is 1. The lowest BCUT2D eigenvalue weighted by Crippen LogP contribution is -2.64. The number of nitrogens with two attached hydrogens (primary N) is 1. The zero-order valence-corrected chi connectivity index (χ0v) is 30.3. The van der Waals surface area contributed by atoms with E-state index in [2.05, 4.69) is 20.9 Å². The van der Waals surface area contributed by atoms with E-state index in [9.17, 15) is 41.9 Å². The van der Waals surface area contributed by atoms with Gasteiger partial charge in [-0.1, -0.05) is 37.3 Å². The Hall–Kier alpha value is -4.29. The maximum Gasteiger partial charge on any atom is 0.287 e. The van der Waals surface area contributed by atoms with Gasteiger partial charge in [0.1, 0.15) is 33.9 Å². The Kier molecular flexibility index (Phi) is 11.5. The molecule has 4 amide bonds.